The zero-order chi connectivity index (χ0) is 13.9. The van der Waals surface area contributed by atoms with Crippen LogP contribution in [0.5, 0.6) is 0 Å². The lowest BCUT2D eigenvalue weighted by Gasteiger charge is -2.23. The lowest BCUT2D eigenvalue weighted by atomic mass is 9.87. The van der Waals surface area contributed by atoms with Crippen LogP contribution in [0.2, 0.25) is 0 Å². The molecule has 4 heterocycles. The van der Waals surface area contributed by atoms with Crippen molar-refractivity contribution in [2.24, 2.45) is 5.41 Å². The first kappa shape index (κ1) is 12.4. The molecule has 0 saturated carbocycles. The Labute approximate surface area is 128 Å². The fourth-order valence-corrected chi connectivity index (χ4v) is 5.46. The van der Waals surface area contributed by atoms with E-state index < -0.39 is 0 Å². The Morgan fingerprint density at radius 1 is 1.24 bits per heavy atom. The summed E-state index contributed by atoms with van der Waals surface area (Å²) in [6, 6.07) is 0. The molecule has 5 heteroatoms. The number of hydrogen-bond acceptors (Lipinski definition) is 5. The van der Waals surface area contributed by atoms with Crippen LogP contribution >= 0.6 is 11.3 Å². The second-order valence-corrected chi connectivity index (χ2v) is 7.79. The van der Waals surface area contributed by atoms with Crippen molar-refractivity contribution in [1.82, 2.24) is 9.97 Å². The van der Waals surface area contributed by atoms with Gasteiger partial charge in [0.25, 0.3) is 0 Å². The van der Waals surface area contributed by atoms with Crippen LogP contribution in [0.25, 0.3) is 10.2 Å². The highest BCUT2D eigenvalue weighted by Gasteiger charge is 2.42. The molecule has 0 N–H and O–H groups in total. The van der Waals surface area contributed by atoms with Gasteiger partial charge in [-0.3, -0.25) is 0 Å². The van der Waals surface area contributed by atoms with E-state index in [1.807, 2.05) is 11.3 Å². The van der Waals surface area contributed by atoms with E-state index >= 15 is 0 Å². The third kappa shape index (κ3) is 1.77. The molecule has 21 heavy (non-hydrogen) atoms. The van der Waals surface area contributed by atoms with Gasteiger partial charge in [-0.15, -0.1) is 11.3 Å². The van der Waals surface area contributed by atoms with Crippen molar-refractivity contribution >= 4 is 27.4 Å². The number of fused-ring (bicyclic) bond motifs is 3. The van der Waals surface area contributed by atoms with Crippen molar-refractivity contribution in [3.05, 3.63) is 16.8 Å². The first-order chi connectivity index (χ1) is 10.3. The van der Waals surface area contributed by atoms with Crippen LogP contribution in [0.15, 0.2) is 6.33 Å². The van der Waals surface area contributed by atoms with E-state index in [9.17, 15) is 0 Å². The third-order valence-electron chi connectivity index (χ3n) is 5.40. The summed E-state index contributed by atoms with van der Waals surface area (Å²) in [5, 5.41) is 1.35. The number of anilines is 1. The minimum Gasteiger partial charge on any atom is -0.381 e. The Kier molecular flexibility index (Phi) is 2.59. The summed E-state index contributed by atoms with van der Waals surface area (Å²) < 4.78 is 5.66. The van der Waals surface area contributed by atoms with Gasteiger partial charge < -0.3 is 9.64 Å². The molecular weight excluding hydrogens is 282 g/mol. The largest absolute Gasteiger partial charge is 0.381 e. The van der Waals surface area contributed by atoms with Gasteiger partial charge in [-0.05, 0) is 37.7 Å². The molecule has 2 aliphatic heterocycles. The van der Waals surface area contributed by atoms with Gasteiger partial charge in [-0.2, -0.15) is 0 Å². The molecule has 0 aromatic carbocycles. The minimum absolute atomic E-state index is 0.385. The Morgan fingerprint density at radius 3 is 3.14 bits per heavy atom. The zero-order valence-corrected chi connectivity index (χ0v) is 12.9. The first-order valence-electron chi connectivity index (χ1n) is 7.93. The van der Waals surface area contributed by atoms with Crippen molar-refractivity contribution in [2.75, 3.05) is 31.2 Å². The van der Waals surface area contributed by atoms with E-state index in [2.05, 4.69) is 14.9 Å². The van der Waals surface area contributed by atoms with E-state index in [1.54, 1.807) is 11.2 Å². The SMILES string of the molecule is c1nc(N2CC[C@]3(CCOC3)C2)c2c3c(sc2n1)CCC3. The molecule has 2 aromatic heterocycles. The number of aryl methyl sites for hydroxylation is 2. The highest BCUT2D eigenvalue weighted by Crippen LogP contribution is 2.44. The van der Waals surface area contributed by atoms with Gasteiger partial charge in [0.05, 0.1) is 12.0 Å². The van der Waals surface area contributed by atoms with Crippen LogP contribution in [-0.2, 0) is 17.6 Å². The average Bonchev–Trinajstić information content (AvgIpc) is 3.24. The van der Waals surface area contributed by atoms with E-state index in [4.69, 9.17) is 4.74 Å². The van der Waals surface area contributed by atoms with Gasteiger partial charge in [0.15, 0.2) is 0 Å². The molecule has 0 amide bonds. The third-order valence-corrected chi connectivity index (χ3v) is 6.60. The summed E-state index contributed by atoms with van der Waals surface area (Å²) in [4.78, 5) is 14.4. The Balaban J connectivity index is 1.59. The predicted octanol–water partition coefficient (Wildman–Crippen LogP) is 2.80. The Bertz CT molecular complexity index is 705. The zero-order valence-electron chi connectivity index (χ0n) is 12.1. The lowest BCUT2D eigenvalue weighted by Crippen LogP contribution is -2.28. The fourth-order valence-electron chi connectivity index (χ4n) is 4.24. The normalized spacial score (nSPS) is 28.1. The molecule has 2 aromatic rings. The Hall–Kier alpha value is -1.20. The summed E-state index contributed by atoms with van der Waals surface area (Å²) in [7, 11) is 0. The standard InChI is InChI=1S/C16H19N3OS/c1-2-11-12(3-1)21-15-13(11)14(17-10-18-15)19-6-4-16(8-19)5-7-20-9-16/h10H,1-9H2/t16-/m0/s1. The number of rotatable bonds is 1. The first-order valence-corrected chi connectivity index (χ1v) is 8.74. The summed E-state index contributed by atoms with van der Waals surface area (Å²) in [6.45, 7) is 4.07. The molecule has 2 saturated heterocycles. The maximum atomic E-state index is 5.66. The number of aromatic nitrogens is 2. The highest BCUT2D eigenvalue weighted by atomic mass is 32.1. The van der Waals surface area contributed by atoms with E-state index in [0.717, 1.165) is 26.3 Å². The molecule has 3 aliphatic rings. The second-order valence-electron chi connectivity index (χ2n) is 6.71. The summed E-state index contributed by atoms with van der Waals surface area (Å²) in [5.41, 5.74) is 1.92. The van der Waals surface area contributed by atoms with Gasteiger partial charge in [-0.25, -0.2) is 9.97 Å². The fraction of sp³-hybridized carbons (Fsp3) is 0.625. The van der Waals surface area contributed by atoms with Crippen LogP contribution in [0, 0.1) is 5.41 Å². The second kappa shape index (κ2) is 4.40. The van der Waals surface area contributed by atoms with Crippen molar-refractivity contribution in [1.29, 1.82) is 0 Å². The van der Waals surface area contributed by atoms with E-state index in [1.165, 1.54) is 53.7 Å². The smallest absolute Gasteiger partial charge is 0.141 e. The Morgan fingerprint density at radius 2 is 2.24 bits per heavy atom. The highest BCUT2D eigenvalue weighted by molar-refractivity contribution is 7.19. The van der Waals surface area contributed by atoms with Gasteiger partial charge in [0.1, 0.15) is 17.0 Å². The molecule has 1 aliphatic carbocycles. The topological polar surface area (TPSA) is 38.2 Å². The molecule has 5 rings (SSSR count). The predicted molar refractivity (Wildman–Crippen MR) is 84.1 cm³/mol. The summed E-state index contributed by atoms with van der Waals surface area (Å²) >= 11 is 1.88. The van der Waals surface area contributed by atoms with Crippen molar-refractivity contribution in [2.45, 2.75) is 32.1 Å². The van der Waals surface area contributed by atoms with Gasteiger partial charge >= 0.3 is 0 Å². The molecule has 110 valence electrons. The lowest BCUT2D eigenvalue weighted by molar-refractivity contribution is 0.160. The van der Waals surface area contributed by atoms with Crippen LogP contribution in [0.3, 0.4) is 0 Å². The average molecular weight is 301 g/mol. The van der Waals surface area contributed by atoms with Gasteiger partial charge in [0, 0.05) is 30.0 Å². The van der Waals surface area contributed by atoms with Crippen LogP contribution in [0.1, 0.15) is 29.7 Å². The van der Waals surface area contributed by atoms with Crippen molar-refractivity contribution in [3.8, 4) is 0 Å². The number of thiophene rings is 1. The van der Waals surface area contributed by atoms with Crippen LogP contribution < -0.4 is 4.90 Å². The van der Waals surface area contributed by atoms with E-state index in [0.29, 0.717) is 5.41 Å². The number of ether oxygens (including phenoxy) is 1. The van der Waals surface area contributed by atoms with Crippen molar-refractivity contribution in [3.63, 3.8) is 0 Å². The monoisotopic (exact) mass is 301 g/mol. The maximum absolute atomic E-state index is 5.66. The molecule has 1 spiro atoms. The molecule has 4 nitrogen and oxygen atoms in total. The summed E-state index contributed by atoms with van der Waals surface area (Å²) in [5.74, 6) is 1.18. The molecule has 0 unspecified atom stereocenters. The molecule has 0 bridgehead atoms. The van der Waals surface area contributed by atoms with Crippen molar-refractivity contribution < 1.29 is 4.74 Å². The van der Waals surface area contributed by atoms with Crippen LogP contribution in [0.4, 0.5) is 5.82 Å². The van der Waals surface area contributed by atoms with Gasteiger partial charge in [-0.1, -0.05) is 0 Å². The number of hydrogen-bond donors (Lipinski definition) is 0. The van der Waals surface area contributed by atoms with E-state index in [-0.39, 0.29) is 0 Å². The molecule has 0 radical (unpaired) electrons. The van der Waals surface area contributed by atoms with Gasteiger partial charge in [0.2, 0.25) is 0 Å². The number of nitrogens with zero attached hydrogens (tertiary/aromatic N) is 3. The maximum Gasteiger partial charge on any atom is 0.141 e. The molecular formula is C16H19N3OS. The molecule has 1 atom stereocenters. The minimum atomic E-state index is 0.385. The quantitative estimate of drug-likeness (QED) is 0.812. The summed E-state index contributed by atoms with van der Waals surface area (Å²) in [6.07, 6.45) is 7.93. The molecule has 2 fully saturated rings. The van der Waals surface area contributed by atoms with Crippen LogP contribution in [-0.4, -0.2) is 36.3 Å².